The smallest absolute Gasteiger partial charge is 0.407 e. The summed E-state index contributed by atoms with van der Waals surface area (Å²) in [6.45, 7) is 0.960. The fraction of sp³-hybridized carbons (Fsp3) is 0.500. The molecular weight excluding hydrogens is 246 g/mol. The van der Waals surface area contributed by atoms with E-state index < -0.39 is 6.09 Å². The summed E-state index contributed by atoms with van der Waals surface area (Å²) in [7, 11) is 0. The van der Waals surface area contributed by atoms with Crippen molar-refractivity contribution in [3.05, 3.63) is 17.5 Å². The molecule has 0 spiro atoms. The van der Waals surface area contributed by atoms with Gasteiger partial charge in [0.05, 0.1) is 12.4 Å². The van der Waals surface area contributed by atoms with Crippen LogP contribution < -0.4 is 4.74 Å². The van der Waals surface area contributed by atoms with E-state index in [0.717, 1.165) is 0 Å². The number of piperidine rings is 1. The van der Waals surface area contributed by atoms with E-state index in [0.29, 0.717) is 31.8 Å². The number of amides is 1. The van der Waals surface area contributed by atoms with Crippen molar-refractivity contribution in [1.82, 2.24) is 14.9 Å². The van der Waals surface area contributed by atoms with Crippen molar-refractivity contribution in [2.24, 2.45) is 0 Å². The molecule has 1 fully saturated rings. The predicted octanol–water partition coefficient (Wildman–Crippen LogP) is 1.65. The highest BCUT2D eigenvalue weighted by atomic mass is 35.5. The van der Waals surface area contributed by atoms with Gasteiger partial charge in [0.2, 0.25) is 5.88 Å². The van der Waals surface area contributed by atoms with Crippen LogP contribution in [0.15, 0.2) is 12.4 Å². The van der Waals surface area contributed by atoms with Gasteiger partial charge < -0.3 is 14.7 Å². The molecule has 0 aliphatic carbocycles. The maximum atomic E-state index is 10.7. The van der Waals surface area contributed by atoms with Crippen LogP contribution in [0.3, 0.4) is 0 Å². The highest BCUT2D eigenvalue weighted by Gasteiger charge is 2.23. The molecule has 0 saturated carbocycles. The molecule has 0 unspecified atom stereocenters. The number of rotatable bonds is 2. The van der Waals surface area contributed by atoms with Crippen LogP contribution in [-0.2, 0) is 0 Å². The second-order valence-electron chi connectivity index (χ2n) is 3.77. The highest BCUT2D eigenvalue weighted by Crippen LogP contribution is 2.17. The zero-order valence-corrected chi connectivity index (χ0v) is 9.80. The number of hydrogen-bond acceptors (Lipinski definition) is 4. The molecule has 1 N–H and O–H groups in total. The molecule has 1 amide bonds. The minimum absolute atomic E-state index is 0.0293. The first kappa shape index (κ1) is 11.9. The fourth-order valence-electron chi connectivity index (χ4n) is 1.72. The van der Waals surface area contributed by atoms with Gasteiger partial charge in [-0.15, -0.1) is 0 Å². The first-order valence-corrected chi connectivity index (χ1v) is 5.65. The summed E-state index contributed by atoms with van der Waals surface area (Å²) in [5.74, 6) is 0.381. The maximum absolute atomic E-state index is 10.7. The summed E-state index contributed by atoms with van der Waals surface area (Å²) in [5.41, 5.74) is 0. The van der Waals surface area contributed by atoms with Gasteiger partial charge >= 0.3 is 6.09 Å². The Balaban J connectivity index is 1.88. The normalized spacial score (nSPS) is 16.9. The molecule has 2 rings (SSSR count). The lowest BCUT2D eigenvalue weighted by atomic mass is 10.1. The van der Waals surface area contributed by atoms with Gasteiger partial charge in [-0.3, -0.25) is 4.98 Å². The summed E-state index contributed by atoms with van der Waals surface area (Å²) >= 11 is 5.69. The van der Waals surface area contributed by atoms with E-state index in [1.54, 1.807) is 0 Å². The van der Waals surface area contributed by atoms with Gasteiger partial charge in [-0.05, 0) is 0 Å². The van der Waals surface area contributed by atoms with Gasteiger partial charge in [0, 0.05) is 25.9 Å². The van der Waals surface area contributed by atoms with E-state index in [-0.39, 0.29) is 11.3 Å². The minimum atomic E-state index is -0.883. The summed E-state index contributed by atoms with van der Waals surface area (Å²) in [6.07, 6.45) is 3.32. The lowest BCUT2D eigenvalue weighted by Crippen LogP contribution is -2.41. The van der Waals surface area contributed by atoms with Gasteiger partial charge in [0.1, 0.15) is 6.10 Å². The van der Waals surface area contributed by atoms with Crippen molar-refractivity contribution in [2.45, 2.75) is 18.9 Å². The molecule has 1 aromatic heterocycles. The zero-order valence-electron chi connectivity index (χ0n) is 9.04. The molecule has 92 valence electrons. The molecule has 0 atom stereocenters. The highest BCUT2D eigenvalue weighted by molar-refractivity contribution is 6.29. The Hall–Kier alpha value is -1.56. The number of carbonyl (C=O) groups is 1. The Morgan fingerprint density at radius 1 is 1.47 bits per heavy atom. The van der Waals surface area contributed by atoms with Crippen LogP contribution in [-0.4, -0.2) is 45.3 Å². The first-order chi connectivity index (χ1) is 8.15. The van der Waals surface area contributed by atoms with E-state index in [1.807, 2.05) is 0 Å². The fourth-order valence-corrected chi connectivity index (χ4v) is 1.86. The molecule has 2 heterocycles. The first-order valence-electron chi connectivity index (χ1n) is 5.27. The Kier molecular flexibility index (Phi) is 3.63. The number of halogens is 1. The van der Waals surface area contributed by atoms with E-state index in [4.69, 9.17) is 21.4 Å². The number of hydrogen-bond donors (Lipinski definition) is 1. The lowest BCUT2D eigenvalue weighted by molar-refractivity contribution is 0.0869. The van der Waals surface area contributed by atoms with Crippen LogP contribution in [0.2, 0.25) is 5.15 Å². The second kappa shape index (κ2) is 5.18. The Labute approximate surface area is 103 Å². The molecule has 6 nitrogen and oxygen atoms in total. The van der Waals surface area contributed by atoms with Crippen molar-refractivity contribution in [2.75, 3.05) is 13.1 Å². The molecule has 7 heteroatoms. The molecule has 1 aromatic rings. The van der Waals surface area contributed by atoms with Gasteiger partial charge in [-0.1, -0.05) is 11.6 Å². The number of carboxylic acid groups (broad SMARTS) is 1. The maximum Gasteiger partial charge on any atom is 0.407 e. The van der Waals surface area contributed by atoms with Crippen molar-refractivity contribution in [1.29, 1.82) is 0 Å². The average molecular weight is 258 g/mol. The van der Waals surface area contributed by atoms with Crippen LogP contribution in [0.4, 0.5) is 4.79 Å². The average Bonchev–Trinajstić information content (AvgIpc) is 2.29. The quantitative estimate of drug-likeness (QED) is 0.872. The lowest BCUT2D eigenvalue weighted by Gasteiger charge is -2.29. The van der Waals surface area contributed by atoms with Crippen LogP contribution in [0.1, 0.15) is 12.8 Å². The molecule has 1 aliphatic heterocycles. The zero-order chi connectivity index (χ0) is 12.3. The predicted molar refractivity (Wildman–Crippen MR) is 60.3 cm³/mol. The summed E-state index contributed by atoms with van der Waals surface area (Å²) in [4.78, 5) is 19.9. The van der Waals surface area contributed by atoms with E-state index in [9.17, 15) is 4.79 Å². The molecule has 0 aromatic carbocycles. The van der Waals surface area contributed by atoms with Gasteiger partial charge in [-0.25, -0.2) is 4.79 Å². The number of likely N-dealkylation sites (tertiary alicyclic amines) is 1. The Morgan fingerprint density at radius 2 is 2.18 bits per heavy atom. The topological polar surface area (TPSA) is 75.5 Å². The van der Waals surface area contributed by atoms with Crippen LogP contribution in [0.25, 0.3) is 0 Å². The summed E-state index contributed by atoms with van der Waals surface area (Å²) in [6, 6.07) is 0. The van der Waals surface area contributed by atoms with Crippen LogP contribution in [0.5, 0.6) is 5.88 Å². The number of nitrogens with zero attached hydrogens (tertiary/aromatic N) is 3. The van der Waals surface area contributed by atoms with Gasteiger partial charge in [-0.2, -0.15) is 4.98 Å². The molecule has 1 saturated heterocycles. The second-order valence-corrected chi connectivity index (χ2v) is 4.15. The van der Waals surface area contributed by atoms with Gasteiger partial charge in [0.25, 0.3) is 0 Å². The molecule has 1 aliphatic rings. The molecule has 0 bridgehead atoms. The van der Waals surface area contributed by atoms with Crippen molar-refractivity contribution in [3.63, 3.8) is 0 Å². The molecular formula is C10H12ClN3O3. The van der Waals surface area contributed by atoms with E-state index in [1.165, 1.54) is 17.3 Å². The molecule has 17 heavy (non-hydrogen) atoms. The minimum Gasteiger partial charge on any atom is -0.473 e. The van der Waals surface area contributed by atoms with Crippen molar-refractivity contribution < 1.29 is 14.6 Å². The van der Waals surface area contributed by atoms with E-state index in [2.05, 4.69) is 9.97 Å². The molecule has 0 radical (unpaired) electrons. The number of aromatic nitrogens is 2. The summed E-state index contributed by atoms with van der Waals surface area (Å²) < 4.78 is 5.59. The monoisotopic (exact) mass is 257 g/mol. The standard InChI is InChI=1S/C10H12ClN3O3/c11-8-5-12-6-9(13-8)17-7-1-3-14(4-2-7)10(15)16/h5-7H,1-4H2,(H,15,16). The Bertz CT molecular complexity index is 408. The van der Waals surface area contributed by atoms with Crippen molar-refractivity contribution in [3.8, 4) is 5.88 Å². The summed E-state index contributed by atoms with van der Waals surface area (Å²) in [5, 5.41) is 9.08. The third kappa shape index (κ3) is 3.20. The van der Waals surface area contributed by atoms with Crippen LogP contribution >= 0.6 is 11.6 Å². The Morgan fingerprint density at radius 3 is 2.76 bits per heavy atom. The van der Waals surface area contributed by atoms with Crippen LogP contribution in [0, 0.1) is 0 Å². The SMILES string of the molecule is O=C(O)N1CCC(Oc2cncc(Cl)n2)CC1. The third-order valence-corrected chi connectivity index (χ3v) is 2.77. The third-order valence-electron chi connectivity index (χ3n) is 2.58. The largest absolute Gasteiger partial charge is 0.473 e. The van der Waals surface area contributed by atoms with Gasteiger partial charge in [0.15, 0.2) is 5.15 Å². The van der Waals surface area contributed by atoms with Crippen molar-refractivity contribution >= 4 is 17.7 Å². The van der Waals surface area contributed by atoms with E-state index >= 15 is 0 Å². The number of ether oxygens (including phenoxy) is 1.